The molecule has 1 aromatic carbocycles. The van der Waals surface area contributed by atoms with Crippen molar-refractivity contribution in [2.45, 2.75) is 51.4 Å². The third-order valence-corrected chi connectivity index (χ3v) is 4.16. The molecule has 1 saturated carbocycles. The number of para-hydroxylation sites is 1. The van der Waals surface area contributed by atoms with Crippen LogP contribution in [0.4, 0.5) is 0 Å². The van der Waals surface area contributed by atoms with Gasteiger partial charge in [0.1, 0.15) is 17.9 Å². The zero-order valence-electron chi connectivity index (χ0n) is 11.9. The molecule has 1 aliphatic rings. The zero-order valence-corrected chi connectivity index (χ0v) is 11.9. The molecule has 0 spiro atoms. The van der Waals surface area contributed by atoms with Crippen LogP contribution in [0.1, 0.15) is 44.6 Å². The van der Waals surface area contributed by atoms with Crippen molar-refractivity contribution in [1.82, 2.24) is 0 Å². The third kappa shape index (κ3) is 3.50. The smallest absolute Gasteiger partial charge is 0.173 e. The van der Waals surface area contributed by atoms with Crippen molar-refractivity contribution in [1.29, 1.82) is 5.26 Å². The van der Waals surface area contributed by atoms with Crippen LogP contribution in [0.15, 0.2) is 24.3 Å². The lowest BCUT2D eigenvalue weighted by atomic mass is 9.82. The zero-order chi connectivity index (χ0) is 14.6. The first-order chi connectivity index (χ1) is 9.54. The first-order valence-corrected chi connectivity index (χ1v) is 7.13. The molecule has 0 saturated heterocycles. The monoisotopic (exact) mass is 274 g/mol. The van der Waals surface area contributed by atoms with E-state index < -0.39 is 12.3 Å². The summed E-state index contributed by atoms with van der Waals surface area (Å²) in [5.41, 5.74) is 6.52. The summed E-state index contributed by atoms with van der Waals surface area (Å²) in [4.78, 5) is 0. The second kappa shape index (κ2) is 6.25. The van der Waals surface area contributed by atoms with Crippen LogP contribution in [0.3, 0.4) is 0 Å². The summed E-state index contributed by atoms with van der Waals surface area (Å²) in [5, 5.41) is 19.2. The van der Waals surface area contributed by atoms with E-state index in [4.69, 9.17) is 15.7 Å². The predicted octanol–water partition coefficient (Wildman–Crippen LogP) is 2.55. The van der Waals surface area contributed by atoms with Crippen LogP contribution >= 0.6 is 0 Å². The SMILES string of the molecule is CC1(CC(O)C(N)Oc2ccccc2C#N)CCCC1. The van der Waals surface area contributed by atoms with Gasteiger partial charge in [0.25, 0.3) is 0 Å². The number of benzene rings is 1. The number of hydrogen-bond acceptors (Lipinski definition) is 4. The van der Waals surface area contributed by atoms with Crippen LogP contribution in [0.5, 0.6) is 5.75 Å². The largest absolute Gasteiger partial charge is 0.471 e. The number of nitrogens with zero attached hydrogens (tertiary/aromatic N) is 1. The van der Waals surface area contributed by atoms with Crippen molar-refractivity contribution in [3.63, 3.8) is 0 Å². The molecule has 1 aliphatic carbocycles. The first kappa shape index (κ1) is 14.8. The molecule has 0 bridgehead atoms. The van der Waals surface area contributed by atoms with E-state index in [1.807, 2.05) is 0 Å². The minimum atomic E-state index is -0.804. The standard InChI is InChI=1S/C16H22N2O2/c1-16(8-4-5-9-16)10-13(19)15(18)20-14-7-3-2-6-12(14)11-17/h2-3,6-7,13,15,19H,4-5,8-10,18H2,1H3. The van der Waals surface area contributed by atoms with E-state index >= 15 is 0 Å². The highest BCUT2D eigenvalue weighted by Crippen LogP contribution is 2.41. The van der Waals surface area contributed by atoms with E-state index in [2.05, 4.69) is 13.0 Å². The maximum absolute atomic E-state index is 10.2. The Labute approximate surface area is 120 Å². The third-order valence-electron chi connectivity index (χ3n) is 4.16. The second-order valence-corrected chi connectivity index (χ2v) is 5.98. The van der Waals surface area contributed by atoms with Crippen LogP contribution in [-0.2, 0) is 0 Å². The number of ether oxygens (including phenoxy) is 1. The van der Waals surface area contributed by atoms with Crippen LogP contribution < -0.4 is 10.5 Å². The highest BCUT2D eigenvalue weighted by molar-refractivity contribution is 5.42. The highest BCUT2D eigenvalue weighted by atomic mass is 16.5. The van der Waals surface area contributed by atoms with E-state index in [9.17, 15) is 5.11 Å². The Morgan fingerprint density at radius 1 is 1.40 bits per heavy atom. The molecule has 0 aromatic heterocycles. The predicted molar refractivity (Wildman–Crippen MR) is 77.0 cm³/mol. The van der Waals surface area contributed by atoms with Gasteiger partial charge in [-0.15, -0.1) is 0 Å². The molecule has 0 amide bonds. The van der Waals surface area contributed by atoms with Crippen molar-refractivity contribution in [3.05, 3.63) is 29.8 Å². The molecule has 0 heterocycles. The lowest BCUT2D eigenvalue weighted by molar-refractivity contribution is 0.00864. The van der Waals surface area contributed by atoms with Gasteiger partial charge in [-0.1, -0.05) is 31.9 Å². The summed E-state index contributed by atoms with van der Waals surface area (Å²) in [7, 11) is 0. The van der Waals surface area contributed by atoms with Gasteiger partial charge in [0.15, 0.2) is 6.23 Å². The van der Waals surface area contributed by atoms with E-state index in [0.29, 0.717) is 17.7 Å². The number of aliphatic hydroxyl groups excluding tert-OH is 1. The Balaban J connectivity index is 1.97. The van der Waals surface area contributed by atoms with Gasteiger partial charge in [-0.3, -0.25) is 5.73 Å². The fourth-order valence-corrected chi connectivity index (χ4v) is 2.94. The van der Waals surface area contributed by atoms with E-state index in [1.165, 1.54) is 12.8 Å². The molecule has 2 rings (SSSR count). The quantitative estimate of drug-likeness (QED) is 0.809. The summed E-state index contributed by atoms with van der Waals surface area (Å²) in [5.74, 6) is 0.429. The first-order valence-electron chi connectivity index (χ1n) is 7.13. The van der Waals surface area contributed by atoms with Crippen molar-refractivity contribution in [3.8, 4) is 11.8 Å². The maximum Gasteiger partial charge on any atom is 0.173 e. The van der Waals surface area contributed by atoms with Gasteiger partial charge in [-0.05, 0) is 36.8 Å². The molecule has 2 unspecified atom stereocenters. The molecular weight excluding hydrogens is 252 g/mol. The van der Waals surface area contributed by atoms with Crippen molar-refractivity contribution in [2.75, 3.05) is 0 Å². The minimum absolute atomic E-state index is 0.162. The average molecular weight is 274 g/mol. The molecule has 4 heteroatoms. The van der Waals surface area contributed by atoms with Crippen molar-refractivity contribution >= 4 is 0 Å². The summed E-state index contributed by atoms with van der Waals surface area (Å²) in [6.45, 7) is 2.19. The lowest BCUT2D eigenvalue weighted by Crippen LogP contribution is -2.42. The molecule has 0 radical (unpaired) electrons. The Morgan fingerprint density at radius 3 is 2.70 bits per heavy atom. The average Bonchev–Trinajstić information content (AvgIpc) is 2.85. The maximum atomic E-state index is 10.2. The molecule has 108 valence electrons. The van der Waals surface area contributed by atoms with Crippen LogP contribution in [0.25, 0.3) is 0 Å². The van der Waals surface area contributed by atoms with Gasteiger partial charge in [-0.25, -0.2) is 0 Å². The van der Waals surface area contributed by atoms with Gasteiger partial charge >= 0.3 is 0 Å². The van der Waals surface area contributed by atoms with E-state index in [1.54, 1.807) is 24.3 Å². The van der Waals surface area contributed by atoms with Crippen LogP contribution in [-0.4, -0.2) is 17.4 Å². The Kier molecular flexibility index (Phi) is 4.64. The lowest BCUT2D eigenvalue weighted by Gasteiger charge is -2.29. The number of aliphatic hydroxyl groups is 1. The van der Waals surface area contributed by atoms with E-state index in [0.717, 1.165) is 12.8 Å². The molecule has 4 nitrogen and oxygen atoms in total. The molecule has 2 atom stereocenters. The van der Waals surface area contributed by atoms with Crippen molar-refractivity contribution < 1.29 is 9.84 Å². The molecule has 1 fully saturated rings. The number of nitrogens with two attached hydrogens (primary N) is 1. The van der Waals surface area contributed by atoms with Crippen LogP contribution in [0.2, 0.25) is 0 Å². The number of nitriles is 1. The molecule has 1 aromatic rings. The Hall–Kier alpha value is -1.57. The van der Waals surface area contributed by atoms with Gasteiger partial charge < -0.3 is 9.84 Å². The molecule has 20 heavy (non-hydrogen) atoms. The minimum Gasteiger partial charge on any atom is -0.471 e. The van der Waals surface area contributed by atoms with Gasteiger partial charge in [-0.2, -0.15) is 5.26 Å². The van der Waals surface area contributed by atoms with E-state index in [-0.39, 0.29) is 5.41 Å². The summed E-state index contributed by atoms with van der Waals surface area (Å²) < 4.78 is 5.56. The summed E-state index contributed by atoms with van der Waals surface area (Å²) in [6, 6.07) is 8.98. The highest BCUT2D eigenvalue weighted by Gasteiger charge is 2.33. The molecule has 3 N–H and O–H groups in total. The van der Waals surface area contributed by atoms with Gasteiger partial charge in [0, 0.05) is 0 Å². The summed E-state index contributed by atoms with van der Waals surface area (Å²) in [6.07, 6.45) is 3.82. The fourth-order valence-electron chi connectivity index (χ4n) is 2.94. The number of rotatable bonds is 5. The molecule has 0 aliphatic heterocycles. The second-order valence-electron chi connectivity index (χ2n) is 5.98. The fraction of sp³-hybridized carbons (Fsp3) is 0.562. The van der Waals surface area contributed by atoms with Gasteiger partial charge in [0.2, 0.25) is 0 Å². The van der Waals surface area contributed by atoms with Crippen LogP contribution in [0, 0.1) is 16.7 Å². The van der Waals surface area contributed by atoms with Crippen molar-refractivity contribution in [2.24, 2.45) is 11.1 Å². The molecular formula is C16H22N2O2. The number of hydrogen-bond donors (Lipinski definition) is 2. The topological polar surface area (TPSA) is 79.3 Å². The van der Waals surface area contributed by atoms with Gasteiger partial charge in [0.05, 0.1) is 5.56 Å². The normalized spacial score (nSPS) is 20.1. The Morgan fingerprint density at radius 2 is 2.05 bits per heavy atom. The summed E-state index contributed by atoms with van der Waals surface area (Å²) >= 11 is 0. The Bertz CT molecular complexity index is 489.